The highest BCUT2D eigenvalue weighted by Crippen LogP contribution is 2.36. The zero-order chi connectivity index (χ0) is 24.4. The Morgan fingerprint density at radius 3 is 2.86 bits per heavy atom. The van der Waals surface area contributed by atoms with Gasteiger partial charge in [0, 0.05) is 54.3 Å². The number of aromatic nitrogens is 3. The first-order valence-corrected chi connectivity index (χ1v) is 12.3. The lowest BCUT2D eigenvalue weighted by Gasteiger charge is -2.36. The largest absolute Gasteiger partial charge is 0.593 e. The van der Waals surface area contributed by atoms with Gasteiger partial charge in [0.05, 0.1) is 40.4 Å². The molecular weight excluding hydrogens is 462 g/mol. The standard InChI is InChI=1S/C25H23N7O2S/c1-27-25(33)16-5-7-28-22(10-16)21-14-30-24-20(6-8-29-24)23(21)31-17-11-18(12-17)32-35(34)19-4-2-3-15(9-19)13-26/h2-10,14,17-18,32H,11-12H2,1H3,(H,27,33)(H2,29,30,31)/t17-,18+,35?. The summed E-state index contributed by atoms with van der Waals surface area (Å²) in [5.41, 5.74) is 4.11. The van der Waals surface area contributed by atoms with Gasteiger partial charge in [0.25, 0.3) is 5.91 Å². The van der Waals surface area contributed by atoms with E-state index in [9.17, 15) is 9.35 Å². The molecule has 1 saturated carbocycles. The van der Waals surface area contributed by atoms with Crippen LogP contribution in [0.1, 0.15) is 28.8 Å². The normalized spacial score (nSPS) is 17.9. The van der Waals surface area contributed by atoms with Gasteiger partial charge in [-0.15, -0.1) is 4.72 Å². The molecule has 1 unspecified atom stereocenters. The third kappa shape index (κ3) is 4.70. The van der Waals surface area contributed by atoms with E-state index in [-0.39, 0.29) is 18.0 Å². The fourth-order valence-corrected chi connectivity index (χ4v) is 5.22. The molecule has 4 N–H and O–H groups in total. The van der Waals surface area contributed by atoms with Gasteiger partial charge in [0.1, 0.15) is 5.65 Å². The molecule has 1 aliphatic carbocycles. The average Bonchev–Trinajstić information content (AvgIpc) is 3.36. The van der Waals surface area contributed by atoms with Gasteiger partial charge in [0.15, 0.2) is 4.90 Å². The molecule has 3 aromatic heterocycles. The number of carbonyl (C=O) groups excluding carboxylic acids is 1. The molecule has 1 fully saturated rings. The molecule has 35 heavy (non-hydrogen) atoms. The van der Waals surface area contributed by atoms with Crippen molar-refractivity contribution in [1.82, 2.24) is 25.0 Å². The number of rotatable bonds is 7. The first-order valence-electron chi connectivity index (χ1n) is 11.1. The Hall–Kier alpha value is -3.91. The van der Waals surface area contributed by atoms with Crippen molar-refractivity contribution in [2.24, 2.45) is 0 Å². The number of anilines is 1. The van der Waals surface area contributed by atoms with Crippen molar-refractivity contribution in [2.45, 2.75) is 29.8 Å². The fraction of sp³-hybridized carbons (Fsp3) is 0.200. The van der Waals surface area contributed by atoms with E-state index >= 15 is 0 Å². The van der Waals surface area contributed by atoms with E-state index in [2.05, 4.69) is 36.4 Å². The zero-order valence-corrected chi connectivity index (χ0v) is 19.7. The van der Waals surface area contributed by atoms with E-state index in [1.54, 1.807) is 55.8 Å². The number of aromatic amines is 1. The predicted molar refractivity (Wildman–Crippen MR) is 134 cm³/mol. The molecule has 5 rings (SSSR count). The summed E-state index contributed by atoms with van der Waals surface area (Å²) in [6.45, 7) is 0. The number of fused-ring (bicyclic) bond motifs is 1. The van der Waals surface area contributed by atoms with Crippen molar-refractivity contribution in [3.05, 3.63) is 72.2 Å². The molecule has 4 aromatic rings. The molecule has 0 radical (unpaired) electrons. The maximum absolute atomic E-state index is 12.7. The van der Waals surface area contributed by atoms with Gasteiger partial charge >= 0.3 is 0 Å². The van der Waals surface area contributed by atoms with E-state index in [0.717, 1.165) is 35.1 Å². The van der Waals surface area contributed by atoms with Crippen LogP contribution < -0.4 is 15.4 Å². The number of pyridine rings is 2. The Labute approximate surface area is 205 Å². The summed E-state index contributed by atoms with van der Waals surface area (Å²) >= 11 is -1.39. The van der Waals surface area contributed by atoms with Crippen molar-refractivity contribution in [2.75, 3.05) is 12.4 Å². The SMILES string of the molecule is CNC(=O)c1ccnc(-c2cnc3[nH]ccc3c2N[C@H]2C[C@@H](N[S+]([O-])c3cccc(C#N)c3)C2)c1. The summed E-state index contributed by atoms with van der Waals surface area (Å²) < 4.78 is 15.8. The number of amides is 1. The zero-order valence-electron chi connectivity index (χ0n) is 18.9. The molecule has 1 amide bonds. The summed E-state index contributed by atoms with van der Waals surface area (Å²) in [5.74, 6) is -0.181. The topological polar surface area (TPSA) is 142 Å². The van der Waals surface area contributed by atoms with Crippen LogP contribution >= 0.6 is 0 Å². The summed E-state index contributed by atoms with van der Waals surface area (Å²) in [6, 6.07) is 14.5. The van der Waals surface area contributed by atoms with Crippen molar-refractivity contribution in [1.29, 1.82) is 5.26 Å². The van der Waals surface area contributed by atoms with Crippen LogP contribution in [0.3, 0.4) is 0 Å². The Kier molecular flexibility index (Phi) is 6.37. The predicted octanol–water partition coefficient (Wildman–Crippen LogP) is 3.11. The maximum atomic E-state index is 12.7. The first kappa shape index (κ1) is 22.9. The van der Waals surface area contributed by atoms with E-state index < -0.39 is 11.4 Å². The van der Waals surface area contributed by atoms with Crippen LogP contribution in [-0.4, -0.2) is 44.5 Å². The Morgan fingerprint density at radius 2 is 2.06 bits per heavy atom. The van der Waals surface area contributed by atoms with Crippen LogP contribution in [0.5, 0.6) is 0 Å². The Morgan fingerprint density at radius 1 is 1.20 bits per heavy atom. The minimum absolute atomic E-state index is 0.0841. The van der Waals surface area contributed by atoms with Crippen molar-refractivity contribution >= 4 is 34.0 Å². The van der Waals surface area contributed by atoms with Crippen LogP contribution in [0.4, 0.5) is 5.69 Å². The molecule has 176 valence electrons. The molecule has 0 spiro atoms. The van der Waals surface area contributed by atoms with Crippen molar-refractivity contribution in [3.63, 3.8) is 0 Å². The third-order valence-electron chi connectivity index (χ3n) is 6.05. The second-order valence-corrected chi connectivity index (χ2v) is 9.58. The van der Waals surface area contributed by atoms with Crippen LogP contribution in [-0.2, 0) is 11.4 Å². The summed E-state index contributed by atoms with van der Waals surface area (Å²) in [7, 11) is 1.59. The van der Waals surface area contributed by atoms with Gasteiger partial charge in [0.2, 0.25) is 0 Å². The molecule has 3 heterocycles. The fourth-order valence-electron chi connectivity index (χ4n) is 4.16. The number of nitrogens with one attached hydrogen (secondary N) is 4. The van der Waals surface area contributed by atoms with Crippen molar-refractivity contribution < 1.29 is 9.35 Å². The van der Waals surface area contributed by atoms with Crippen LogP contribution in [0, 0.1) is 11.3 Å². The lowest BCUT2D eigenvalue weighted by atomic mass is 9.87. The van der Waals surface area contributed by atoms with Gasteiger partial charge in [-0.1, -0.05) is 6.07 Å². The van der Waals surface area contributed by atoms with Crippen LogP contribution in [0.15, 0.2) is 66.0 Å². The first-order chi connectivity index (χ1) is 17.1. The molecule has 10 heteroatoms. The van der Waals surface area contributed by atoms with Crippen LogP contribution in [0.2, 0.25) is 0 Å². The number of hydrogen-bond acceptors (Lipinski definition) is 7. The lowest BCUT2D eigenvalue weighted by molar-refractivity contribution is 0.0963. The smallest absolute Gasteiger partial charge is 0.251 e. The molecule has 0 saturated heterocycles. The monoisotopic (exact) mass is 485 g/mol. The van der Waals surface area contributed by atoms with E-state index in [1.807, 2.05) is 12.3 Å². The van der Waals surface area contributed by atoms with Crippen molar-refractivity contribution in [3.8, 4) is 17.3 Å². The molecule has 9 nitrogen and oxygen atoms in total. The van der Waals surface area contributed by atoms with E-state index in [0.29, 0.717) is 21.7 Å². The maximum Gasteiger partial charge on any atom is 0.251 e. The summed E-state index contributed by atoms with van der Waals surface area (Å²) in [4.78, 5) is 24.9. The summed E-state index contributed by atoms with van der Waals surface area (Å²) in [6.07, 6.45) is 6.77. The molecule has 0 aliphatic heterocycles. The van der Waals surface area contributed by atoms with E-state index in [1.165, 1.54) is 0 Å². The molecule has 1 aliphatic rings. The quantitative estimate of drug-likeness (QED) is 0.295. The number of nitriles is 1. The molecule has 1 atom stereocenters. The summed E-state index contributed by atoms with van der Waals surface area (Å²) in [5, 5.41) is 16.3. The van der Waals surface area contributed by atoms with Gasteiger partial charge in [-0.2, -0.15) is 5.26 Å². The Balaban J connectivity index is 1.33. The van der Waals surface area contributed by atoms with Gasteiger partial charge in [-0.25, -0.2) is 4.98 Å². The molecular formula is C25H23N7O2S. The molecule has 0 bridgehead atoms. The lowest BCUT2D eigenvalue weighted by Crippen LogP contribution is -2.49. The highest BCUT2D eigenvalue weighted by molar-refractivity contribution is 7.89. The van der Waals surface area contributed by atoms with Gasteiger partial charge in [-0.05, 0) is 43.2 Å². The highest BCUT2D eigenvalue weighted by Gasteiger charge is 2.34. The van der Waals surface area contributed by atoms with E-state index in [4.69, 9.17) is 5.26 Å². The minimum atomic E-state index is -1.39. The second-order valence-electron chi connectivity index (χ2n) is 8.33. The molecule has 1 aromatic carbocycles. The van der Waals surface area contributed by atoms with Crippen LogP contribution in [0.25, 0.3) is 22.3 Å². The Bertz CT molecular complexity index is 1420. The highest BCUT2D eigenvalue weighted by atomic mass is 32.2. The van der Waals surface area contributed by atoms with Gasteiger partial charge < -0.3 is 20.2 Å². The number of hydrogen-bond donors (Lipinski definition) is 4. The van der Waals surface area contributed by atoms with Gasteiger partial charge in [-0.3, -0.25) is 9.78 Å². The second kappa shape index (κ2) is 9.76. The minimum Gasteiger partial charge on any atom is -0.593 e. The average molecular weight is 486 g/mol. The third-order valence-corrected chi connectivity index (χ3v) is 7.28. The number of carbonyl (C=O) groups is 1. The number of benzene rings is 1. The number of H-pyrrole nitrogens is 1. The number of nitrogens with zero attached hydrogens (tertiary/aromatic N) is 3.